The molecule has 0 bridgehead atoms. The molecule has 14 nitrogen and oxygen atoms in total. The van der Waals surface area contributed by atoms with Crippen molar-refractivity contribution in [3.05, 3.63) is 327 Å². The van der Waals surface area contributed by atoms with Gasteiger partial charge in [0.25, 0.3) is 0 Å². The number of fused-ring (bicyclic) bond motifs is 5. The predicted octanol–water partition coefficient (Wildman–Crippen LogP) is 32.3. The van der Waals surface area contributed by atoms with Gasteiger partial charge >= 0.3 is 0 Å². The van der Waals surface area contributed by atoms with E-state index >= 15 is 0 Å². The lowest BCUT2D eigenvalue weighted by Gasteiger charge is -2.46. The number of benzene rings is 5. The average Bonchev–Trinajstić information content (AvgIpc) is 1.55. The molecule has 14 atom stereocenters. The van der Waals surface area contributed by atoms with Crippen molar-refractivity contribution in [2.24, 2.45) is 0 Å². The molecule has 10 aliphatic carbocycles. The number of carbonyl (C=O) groups is 1. The molecule has 0 radical (unpaired) electrons. The van der Waals surface area contributed by atoms with E-state index in [1.165, 1.54) is 288 Å². The van der Waals surface area contributed by atoms with Crippen molar-refractivity contribution in [1.29, 1.82) is 0 Å². The van der Waals surface area contributed by atoms with Crippen molar-refractivity contribution in [1.82, 2.24) is 24.9 Å². The lowest BCUT2D eigenvalue weighted by Crippen LogP contribution is -2.46. The van der Waals surface area contributed by atoms with Gasteiger partial charge < -0.3 is 39.0 Å². The first kappa shape index (κ1) is 107. The number of aromatic nitrogens is 5. The number of ether oxygens (including phenoxy) is 5. The van der Waals surface area contributed by atoms with Gasteiger partial charge in [-0.3, -0.25) is 29.7 Å². The van der Waals surface area contributed by atoms with Crippen LogP contribution in [-0.2, 0) is 50.8 Å². The van der Waals surface area contributed by atoms with E-state index in [0.29, 0.717) is 35.9 Å². The summed E-state index contributed by atoms with van der Waals surface area (Å²) in [4.78, 5) is 36.6. The molecule has 10 fully saturated rings. The molecule has 15 aliphatic rings. The Bertz CT molecular complexity index is 5360. The first-order valence-corrected chi connectivity index (χ1v) is 60.3. The normalized spacial score (nSPS) is 29.8. The number of ketones is 1. The summed E-state index contributed by atoms with van der Waals surface area (Å²) in [5, 5.41) is 31.2. The van der Waals surface area contributed by atoms with E-state index < -0.39 is 0 Å². The maximum atomic E-state index is 12.3. The molecule has 3 N–H and O–H groups in total. The van der Waals surface area contributed by atoms with Gasteiger partial charge in [0.15, 0.2) is 5.78 Å². The van der Waals surface area contributed by atoms with E-state index in [1.807, 2.05) is 67.4 Å². The molecule has 25 rings (SSSR count). The average molecular weight is 2020 g/mol. The number of aliphatic hydroxyl groups excluding tert-OH is 3. The van der Waals surface area contributed by atoms with Crippen LogP contribution in [0.4, 0.5) is 0 Å². The predicted molar refractivity (Wildman–Crippen MR) is 600 cm³/mol. The second-order valence-electron chi connectivity index (χ2n) is 50.1. The zero-order valence-electron chi connectivity index (χ0n) is 90.7. The molecule has 5 aliphatic heterocycles. The van der Waals surface area contributed by atoms with Crippen molar-refractivity contribution in [3.8, 4) is 0 Å². The van der Waals surface area contributed by atoms with Crippen molar-refractivity contribution in [2.45, 2.75) is 469 Å². The summed E-state index contributed by atoms with van der Waals surface area (Å²) in [7, 11) is 0. The fourth-order valence-corrected chi connectivity index (χ4v) is 33.3. The minimum absolute atomic E-state index is 0.0830. The van der Waals surface area contributed by atoms with Crippen LogP contribution < -0.4 is 0 Å². The smallest absolute Gasteiger partial charge is 0.163 e. The molecule has 5 aromatic heterocycles. The second-order valence-corrected chi connectivity index (χ2v) is 50.1. The Morgan fingerprint density at radius 3 is 0.727 bits per heavy atom. The fourth-order valence-electron chi connectivity index (χ4n) is 33.3. The Morgan fingerprint density at radius 2 is 0.467 bits per heavy atom. The number of aliphatic hydroxyl groups is 3. The summed E-state index contributed by atoms with van der Waals surface area (Å²) in [5.74, 6) is 4.01. The van der Waals surface area contributed by atoms with Gasteiger partial charge in [0, 0.05) is 132 Å². The number of rotatable bonds is 25. The van der Waals surface area contributed by atoms with Gasteiger partial charge in [-0.25, -0.2) is 0 Å². The van der Waals surface area contributed by atoms with Crippen LogP contribution in [0.15, 0.2) is 243 Å². The molecule has 14 heteroatoms. The molecular weight excluding hydrogens is 1850 g/mol. The molecule has 798 valence electrons. The highest BCUT2D eigenvalue weighted by Crippen LogP contribution is 2.59. The van der Waals surface area contributed by atoms with Gasteiger partial charge in [-0.2, -0.15) is 0 Å². The van der Waals surface area contributed by atoms with E-state index in [1.54, 1.807) is 11.1 Å². The van der Waals surface area contributed by atoms with Gasteiger partial charge in [-0.1, -0.05) is 255 Å². The highest BCUT2D eigenvalue weighted by molar-refractivity contribution is 5.98. The van der Waals surface area contributed by atoms with Gasteiger partial charge in [-0.05, 0) is 397 Å². The highest BCUT2D eigenvalue weighted by atomic mass is 16.5. The largest absolute Gasteiger partial charge is 0.388 e. The Labute approximate surface area is 898 Å². The Balaban J connectivity index is 0.000000109. The molecule has 5 saturated heterocycles. The van der Waals surface area contributed by atoms with Crippen molar-refractivity contribution < 1.29 is 43.8 Å². The van der Waals surface area contributed by atoms with Gasteiger partial charge in [-0.15, -0.1) is 0 Å². The van der Waals surface area contributed by atoms with E-state index in [-0.39, 0.29) is 73.4 Å². The number of pyridine rings is 5. The lowest BCUT2D eigenvalue weighted by atomic mass is 9.66. The van der Waals surface area contributed by atoms with E-state index in [4.69, 9.17) is 48.6 Å². The Morgan fingerprint density at radius 1 is 0.247 bits per heavy atom. The van der Waals surface area contributed by atoms with Crippen LogP contribution in [0.3, 0.4) is 0 Å². The lowest BCUT2D eigenvalue weighted by molar-refractivity contribution is -0.105. The molecule has 150 heavy (non-hydrogen) atoms. The van der Waals surface area contributed by atoms with E-state index in [2.05, 4.69) is 183 Å². The van der Waals surface area contributed by atoms with Crippen LogP contribution in [0.5, 0.6) is 0 Å². The molecule has 5 aromatic carbocycles. The minimum Gasteiger partial charge on any atom is -0.388 e. The van der Waals surface area contributed by atoms with E-state index in [0.717, 1.165) is 176 Å². The SMILES string of the molecule is C[C@H]1CC[C@H](CCC[C@@]2(c3ccccn3)CCOC3(CCCC3)C2)c2ccccc21.O=C1CC[C@H](CCC[C@@]2(c3ccccn3)CCOC3(CCCC3)C2)c2ccccc21.O[C@@H]1CC[C@H](CCC[C@@]2(c3ccccn3)CCOC3(CCCC3)C2)c2ccccc21.O[C@@H]1CC[C@H](CCC[C@@]2(c3ccccn3)CCOC3(CCCC3)C2)c2ccccc21.O[C@H]1CC[C@H](CCC[C@@]2(c3ccccn3)CCOC3(CCCC3)C2)c2ccccc21. The van der Waals surface area contributed by atoms with Gasteiger partial charge in [0.1, 0.15) is 0 Å². The number of hydrogen-bond acceptors (Lipinski definition) is 14. The van der Waals surface area contributed by atoms with Crippen LogP contribution >= 0.6 is 0 Å². The third kappa shape index (κ3) is 24.2. The standard InChI is InChI=1S/C28H37NO.3C27H35NO2.C27H33NO2/c1-22-13-14-23(25-11-3-2-10-24(22)25)9-8-15-27(26-12-4-7-19-29-26)18-20-30-28(21-27)16-5-6-17-28;4*29-24-13-12-21(22-9-1-2-10-23(22)24)8-7-14-26(25-11-3-6-18-28-25)17-19-30-27(20-26)15-4-5-16-27/h2-4,7,10-12,19,22-23H,5-6,8-9,13-18,20-21H2,1H3;3*1-3,6,9-11,18,21,24,29H,4-5,7-8,12-17,19-20H2;1-3,6,9-11,18,21H,4-5,7-8,12-17,19-20H2/t22-,23-,27+;2*21-,24+,26+;21-,24-,26+;21-,26+/m00000/s1. The van der Waals surface area contributed by atoms with Crippen LogP contribution in [0, 0.1) is 0 Å². The monoisotopic (exact) mass is 2020 g/mol. The maximum absolute atomic E-state index is 12.3. The summed E-state index contributed by atoms with van der Waals surface area (Å²) < 4.78 is 32.0. The zero-order chi connectivity index (χ0) is 102. The topological polar surface area (TPSA) is 188 Å². The van der Waals surface area contributed by atoms with Crippen LogP contribution in [0.2, 0.25) is 0 Å². The van der Waals surface area contributed by atoms with Gasteiger partial charge in [0.2, 0.25) is 0 Å². The number of carbonyl (C=O) groups excluding carboxylic acids is 1. The van der Waals surface area contributed by atoms with Crippen molar-refractivity contribution in [3.63, 3.8) is 0 Å². The molecule has 5 spiro atoms. The second kappa shape index (κ2) is 48.7. The highest BCUT2D eigenvalue weighted by Gasteiger charge is 2.55. The van der Waals surface area contributed by atoms with E-state index in [9.17, 15) is 20.1 Å². The summed E-state index contributed by atoms with van der Waals surface area (Å²) >= 11 is 0. The maximum Gasteiger partial charge on any atom is 0.163 e. The van der Waals surface area contributed by atoms with Crippen molar-refractivity contribution >= 4 is 5.78 Å². The first-order valence-electron chi connectivity index (χ1n) is 60.3. The summed E-state index contributed by atoms with van der Waals surface area (Å²) in [6.45, 7) is 6.77. The number of hydrogen-bond donors (Lipinski definition) is 3. The van der Waals surface area contributed by atoms with Crippen LogP contribution in [0.1, 0.15) is 503 Å². The summed E-state index contributed by atoms with van der Waals surface area (Å²) in [5.41, 5.74) is 20.8. The molecular formula is C136H175N5O9. The van der Waals surface area contributed by atoms with Crippen LogP contribution in [-0.4, -0.2) is 107 Å². The third-order valence-electron chi connectivity index (χ3n) is 41.0. The number of nitrogens with zero attached hydrogens (tertiary/aromatic N) is 5. The molecule has 10 heterocycles. The minimum atomic E-state index is -0.282. The van der Waals surface area contributed by atoms with Crippen LogP contribution in [0.25, 0.3) is 0 Å². The molecule has 10 aromatic rings. The summed E-state index contributed by atoms with van der Waals surface area (Å²) in [6.07, 6.45) is 74.0. The Kier molecular flexibility index (Phi) is 34.7. The molecule has 0 unspecified atom stereocenters. The summed E-state index contributed by atoms with van der Waals surface area (Å²) in [6, 6.07) is 75.3. The quantitative estimate of drug-likeness (QED) is 0.0490. The van der Waals surface area contributed by atoms with Crippen molar-refractivity contribution in [2.75, 3.05) is 33.0 Å². The first-order chi connectivity index (χ1) is 73.5. The molecule has 0 amide bonds. The Hall–Kier alpha value is -8.80. The molecule has 5 saturated carbocycles. The third-order valence-corrected chi connectivity index (χ3v) is 41.0. The van der Waals surface area contributed by atoms with Gasteiger partial charge in [0.05, 0.1) is 46.3 Å². The zero-order valence-corrected chi connectivity index (χ0v) is 90.7. The fraction of sp³-hybridized carbons (Fsp3) is 0.588. The number of Topliss-reactive ketones (excluding diaryl/α,β-unsaturated/α-hetero) is 1.